The Balaban J connectivity index is 2.47. The van der Waals surface area contributed by atoms with Crippen molar-refractivity contribution < 1.29 is 13.2 Å². The summed E-state index contributed by atoms with van der Waals surface area (Å²) in [5.74, 6) is -0.688. The average Bonchev–Trinajstić information content (AvgIpc) is 2.54. The van der Waals surface area contributed by atoms with E-state index in [4.69, 9.17) is 11.5 Å². The van der Waals surface area contributed by atoms with Crippen LogP contribution in [-0.4, -0.2) is 31.9 Å². The summed E-state index contributed by atoms with van der Waals surface area (Å²) in [5.41, 5.74) is 10.2. The Hall–Kier alpha value is -0.620. The molecule has 6 heteroatoms. The molecule has 1 aliphatic rings. The van der Waals surface area contributed by atoms with Crippen LogP contribution in [0.2, 0.25) is 0 Å². The molecule has 15 heavy (non-hydrogen) atoms. The van der Waals surface area contributed by atoms with Crippen LogP contribution in [0.5, 0.6) is 0 Å². The molecule has 0 heterocycles. The highest BCUT2D eigenvalue weighted by Gasteiger charge is 2.25. The second kappa shape index (κ2) is 4.94. The molecule has 1 unspecified atom stereocenters. The number of primary amides is 1. The Kier molecular flexibility index (Phi) is 4.10. The quantitative estimate of drug-likeness (QED) is 0.663. The maximum Gasteiger partial charge on any atom is 0.235 e. The van der Waals surface area contributed by atoms with Crippen molar-refractivity contribution in [2.45, 2.75) is 31.7 Å². The predicted molar refractivity (Wildman–Crippen MR) is 57.8 cm³/mol. The van der Waals surface area contributed by atoms with Crippen molar-refractivity contribution in [2.24, 2.45) is 17.4 Å². The molecule has 0 saturated heterocycles. The van der Waals surface area contributed by atoms with Crippen molar-refractivity contribution in [3.63, 3.8) is 0 Å². The van der Waals surface area contributed by atoms with Crippen LogP contribution in [0.25, 0.3) is 0 Å². The fraction of sp³-hybridized carbons (Fsp3) is 0.889. The number of nitrogens with two attached hydrogens (primary N) is 2. The Labute approximate surface area is 90.1 Å². The normalized spacial score (nSPS) is 20.3. The summed E-state index contributed by atoms with van der Waals surface area (Å²) in [5, 5.41) is 0. The summed E-state index contributed by atoms with van der Waals surface area (Å²) in [6, 6.07) is -1.07. The van der Waals surface area contributed by atoms with Crippen molar-refractivity contribution in [3.05, 3.63) is 0 Å². The van der Waals surface area contributed by atoms with Crippen LogP contribution >= 0.6 is 0 Å². The molecule has 1 saturated carbocycles. The van der Waals surface area contributed by atoms with Gasteiger partial charge in [-0.25, -0.2) is 8.42 Å². The van der Waals surface area contributed by atoms with Gasteiger partial charge in [0, 0.05) is 0 Å². The molecule has 4 N–H and O–H groups in total. The van der Waals surface area contributed by atoms with Crippen molar-refractivity contribution >= 4 is 15.7 Å². The minimum absolute atomic E-state index is 0.147. The lowest BCUT2D eigenvalue weighted by Gasteiger charge is -2.12. The van der Waals surface area contributed by atoms with Crippen LogP contribution in [0.4, 0.5) is 0 Å². The van der Waals surface area contributed by atoms with Gasteiger partial charge in [-0.05, 0) is 18.8 Å². The fourth-order valence-corrected chi connectivity index (χ4v) is 3.86. The molecule has 1 rings (SSSR count). The van der Waals surface area contributed by atoms with Gasteiger partial charge in [0.05, 0.1) is 17.5 Å². The van der Waals surface area contributed by atoms with E-state index in [-0.39, 0.29) is 17.4 Å². The highest BCUT2D eigenvalue weighted by molar-refractivity contribution is 7.91. The zero-order valence-electron chi connectivity index (χ0n) is 8.69. The lowest BCUT2D eigenvalue weighted by atomic mass is 10.1. The average molecular weight is 234 g/mol. The third-order valence-corrected chi connectivity index (χ3v) is 4.61. The van der Waals surface area contributed by atoms with E-state index >= 15 is 0 Å². The smallest absolute Gasteiger partial charge is 0.235 e. The summed E-state index contributed by atoms with van der Waals surface area (Å²) in [4.78, 5) is 10.6. The van der Waals surface area contributed by atoms with Crippen molar-refractivity contribution in [1.29, 1.82) is 0 Å². The Morgan fingerprint density at radius 3 is 2.33 bits per heavy atom. The first-order valence-electron chi connectivity index (χ1n) is 5.16. The molecule has 0 bridgehead atoms. The molecular weight excluding hydrogens is 216 g/mol. The highest BCUT2D eigenvalue weighted by Crippen LogP contribution is 2.26. The van der Waals surface area contributed by atoms with Crippen LogP contribution in [0, 0.1) is 5.92 Å². The summed E-state index contributed by atoms with van der Waals surface area (Å²) in [6.45, 7) is 0. The largest absolute Gasteiger partial charge is 0.368 e. The molecule has 0 aromatic heterocycles. The van der Waals surface area contributed by atoms with Gasteiger partial charge in [0.1, 0.15) is 0 Å². The third kappa shape index (κ3) is 4.17. The van der Waals surface area contributed by atoms with Crippen molar-refractivity contribution in [2.75, 3.05) is 11.5 Å². The molecule has 1 amide bonds. The minimum Gasteiger partial charge on any atom is -0.368 e. The van der Waals surface area contributed by atoms with E-state index in [0.717, 1.165) is 25.7 Å². The summed E-state index contributed by atoms with van der Waals surface area (Å²) in [7, 11) is -3.24. The van der Waals surface area contributed by atoms with E-state index < -0.39 is 21.8 Å². The molecule has 1 fully saturated rings. The number of sulfone groups is 1. The van der Waals surface area contributed by atoms with Crippen LogP contribution in [0.3, 0.4) is 0 Å². The summed E-state index contributed by atoms with van der Waals surface area (Å²) in [6.07, 6.45) is 4.13. The number of carbonyl (C=O) groups is 1. The zero-order chi connectivity index (χ0) is 11.5. The van der Waals surface area contributed by atoms with E-state index in [1.54, 1.807) is 0 Å². The van der Waals surface area contributed by atoms with Gasteiger partial charge in [0.25, 0.3) is 0 Å². The molecule has 0 aliphatic heterocycles. The first-order chi connectivity index (χ1) is 6.91. The van der Waals surface area contributed by atoms with Crippen molar-refractivity contribution in [1.82, 2.24) is 0 Å². The minimum atomic E-state index is -3.24. The van der Waals surface area contributed by atoms with Crippen LogP contribution in [-0.2, 0) is 14.6 Å². The number of amides is 1. The van der Waals surface area contributed by atoms with E-state index in [1.807, 2.05) is 0 Å². The molecular formula is C9H18N2O3S. The van der Waals surface area contributed by atoms with E-state index in [0.29, 0.717) is 0 Å². The zero-order valence-corrected chi connectivity index (χ0v) is 9.50. The lowest BCUT2D eigenvalue weighted by Crippen LogP contribution is -2.42. The Bertz CT molecular complexity index is 320. The van der Waals surface area contributed by atoms with Gasteiger partial charge < -0.3 is 11.5 Å². The van der Waals surface area contributed by atoms with E-state index in [9.17, 15) is 13.2 Å². The SMILES string of the molecule is NC(=O)C(N)CS(=O)(=O)CC1CCCC1. The molecule has 5 nitrogen and oxygen atoms in total. The second-order valence-corrected chi connectivity index (χ2v) is 6.39. The van der Waals surface area contributed by atoms with Gasteiger partial charge in [-0.3, -0.25) is 4.79 Å². The molecule has 1 aliphatic carbocycles. The second-order valence-electron chi connectivity index (χ2n) is 4.24. The van der Waals surface area contributed by atoms with Gasteiger partial charge in [-0.1, -0.05) is 12.8 Å². The van der Waals surface area contributed by atoms with Gasteiger partial charge in [-0.15, -0.1) is 0 Å². The van der Waals surface area contributed by atoms with E-state index in [2.05, 4.69) is 0 Å². The Morgan fingerprint density at radius 2 is 1.87 bits per heavy atom. The van der Waals surface area contributed by atoms with Gasteiger partial charge in [0.15, 0.2) is 9.84 Å². The number of hydrogen-bond acceptors (Lipinski definition) is 4. The first-order valence-corrected chi connectivity index (χ1v) is 6.98. The topological polar surface area (TPSA) is 103 Å². The lowest BCUT2D eigenvalue weighted by molar-refractivity contribution is -0.118. The molecule has 0 spiro atoms. The van der Waals surface area contributed by atoms with Gasteiger partial charge in [0.2, 0.25) is 5.91 Å². The summed E-state index contributed by atoms with van der Waals surface area (Å²) >= 11 is 0. The van der Waals surface area contributed by atoms with Crippen LogP contribution in [0.1, 0.15) is 25.7 Å². The molecule has 0 aromatic carbocycles. The monoisotopic (exact) mass is 234 g/mol. The first kappa shape index (κ1) is 12.4. The standard InChI is InChI=1S/C9H18N2O3S/c10-8(9(11)12)6-15(13,14)5-7-3-1-2-4-7/h7-8H,1-6,10H2,(H2,11,12). The molecule has 1 atom stereocenters. The maximum absolute atomic E-state index is 11.6. The predicted octanol–water partition coefficient (Wildman–Crippen LogP) is -0.596. The van der Waals surface area contributed by atoms with Crippen LogP contribution < -0.4 is 11.5 Å². The fourth-order valence-electron chi connectivity index (χ4n) is 1.96. The highest BCUT2D eigenvalue weighted by atomic mass is 32.2. The van der Waals surface area contributed by atoms with Crippen molar-refractivity contribution in [3.8, 4) is 0 Å². The van der Waals surface area contributed by atoms with Gasteiger partial charge in [-0.2, -0.15) is 0 Å². The van der Waals surface area contributed by atoms with Crippen LogP contribution in [0.15, 0.2) is 0 Å². The number of hydrogen-bond donors (Lipinski definition) is 2. The summed E-state index contributed by atoms with van der Waals surface area (Å²) < 4.78 is 23.2. The maximum atomic E-state index is 11.6. The third-order valence-electron chi connectivity index (χ3n) is 2.76. The van der Waals surface area contributed by atoms with E-state index in [1.165, 1.54) is 0 Å². The number of carbonyl (C=O) groups excluding carboxylic acids is 1. The molecule has 0 radical (unpaired) electrons. The molecule has 88 valence electrons. The van der Waals surface area contributed by atoms with Gasteiger partial charge >= 0.3 is 0 Å². The number of rotatable bonds is 5. The molecule has 0 aromatic rings. The Morgan fingerprint density at radius 1 is 1.33 bits per heavy atom.